The lowest BCUT2D eigenvalue weighted by Gasteiger charge is -2.02. The molecule has 0 saturated carbocycles. The topological polar surface area (TPSA) is 66.7 Å². The maximum Gasteiger partial charge on any atom is 0.160 e. The molecule has 1 rings (SSSR count). The lowest BCUT2D eigenvalue weighted by atomic mass is 10.1. The van der Waals surface area contributed by atoms with E-state index in [0.29, 0.717) is 5.56 Å². The van der Waals surface area contributed by atoms with Crippen LogP contribution in [0.3, 0.4) is 0 Å². The highest BCUT2D eigenvalue weighted by Gasteiger charge is 2.09. The van der Waals surface area contributed by atoms with E-state index in [9.17, 15) is 14.8 Å². The second kappa shape index (κ2) is 3.35. The first kappa shape index (κ1) is 9.38. The van der Waals surface area contributed by atoms with E-state index in [2.05, 4.69) is 5.18 Å². The highest BCUT2D eigenvalue weighted by atomic mass is 16.3. The van der Waals surface area contributed by atoms with Gasteiger partial charge in [0.05, 0.1) is 0 Å². The van der Waals surface area contributed by atoms with Gasteiger partial charge in [-0.2, -0.15) is 0 Å². The van der Waals surface area contributed by atoms with Gasteiger partial charge in [-0.25, -0.2) is 0 Å². The van der Waals surface area contributed by atoms with E-state index in [4.69, 9.17) is 0 Å². The predicted octanol–water partition coefficient (Wildman–Crippen LogP) is 2.30. The number of rotatable bonds is 2. The second-order valence-electron chi connectivity index (χ2n) is 2.79. The predicted molar refractivity (Wildman–Crippen MR) is 48.3 cm³/mol. The molecule has 68 valence electrons. The van der Waals surface area contributed by atoms with Gasteiger partial charge in [-0.3, -0.25) is 4.79 Å². The van der Waals surface area contributed by atoms with E-state index in [0.717, 1.165) is 0 Å². The molecule has 0 spiro atoms. The fourth-order valence-electron chi connectivity index (χ4n) is 0.982. The summed E-state index contributed by atoms with van der Waals surface area (Å²) in [7, 11) is 0. The molecule has 4 heteroatoms. The van der Waals surface area contributed by atoms with Gasteiger partial charge in [-0.15, -0.1) is 4.91 Å². The molecule has 0 radical (unpaired) electrons. The monoisotopic (exact) mass is 179 g/mol. The Labute approximate surface area is 75.2 Å². The molecule has 0 aliphatic carbocycles. The number of phenols is 1. The Bertz CT molecular complexity index is 371. The molecule has 1 aromatic carbocycles. The molecular formula is C9H9NO3. The van der Waals surface area contributed by atoms with Crippen LogP contribution in [0.1, 0.15) is 22.8 Å². The molecule has 0 fully saturated rings. The SMILES string of the molecule is CC(=O)c1cc(O)c(C)c(N=O)c1. The molecule has 0 saturated heterocycles. The Morgan fingerprint density at radius 1 is 1.46 bits per heavy atom. The molecule has 1 aromatic rings. The summed E-state index contributed by atoms with van der Waals surface area (Å²) in [5, 5.41) is 12.0. The second-order valence-corrected chi connectivity index (χ2v) is 2.79. The summed E-state index contributed by atoms with van der Waals surface area (Å²) in [6.07, 6.45) is 0. The highest BCUT2D eigenvalue weighted by molar-refractivity contribution is 5.95. The van der Waals surface area contributed by atoms with Crippen molar-refractivity contribution in [3.05, 3.63) is 28.2 Å². The zero-order chi connectivity index (χ0) is 10.0. The number of carbonyl (C=O) groups is 1. The average Bonchev–Trinajstić information content (AvgIpc) is 2.09. The third-order valence-electron chi connectivity index (χ3n) is 1.86. The normalized spacial score (nSPS) is 9.69. The quantitative estimate of drug-likeness (QED) is 0.559. The molecule has 0 heterocycles. The van der Waals surface area contributed by atoms with Gasteiger partial charge >= 0.3 is 0 Å². The zero-order valence-electron chi connectivity index (χ0n) is 7.37. The van der Waals surface area contributed by atoms with Crippen molar-refractivity contribution in [2.75, 3.05) is 0 Å². The Hall–Kier alpha value is -1.71. The molecule has 0 unspecified atom stereocenters. The number of hydrogen-bond donors (Lipinski definition) is 1. The summed E-state index contributed by atoms with van der Waals surface area (Å²) < 4.78 is 0. The third kappa shape index (κ3) is 1.72. The number of aromatic hydroxyl groups is 1. The Morgan fingerprint density at radius 2 is 2.08 bits per heavy atom. The summed E-state index contributed by atoms with van der Waals surface area (Å²) in [5.74, 6) is -0.289. The molecule has 4 nitrogen and oxygen atoms in total. The lowest BCUT2D eigenvalue weighted by Crippen LogP contribution is -1.92. The van der Waals surface area contributed by atoms with Crippen molar-refractivity contribution in [1.82, 2.24) is 0 Å². The van der Waals surface area contributed by atoms with E-state index >= 15 is 0 Å². The largest absolute Gasteiger partial charge is 0.508 e. The number of hydrogen-bond acceptors (Lipinski definition) is 4. The maximum absolute atomic E-state index is 10.9. The summed E-state index contributed by atoms with van der Waals surface area (Å²) >= 11 is 0. The van der Waals surface area contributed by atoms with Crippen molar-refractivity contribution in [2.24, 2.45) is 5.18 Å². The van der Waals surface area contributed by atoms with E-state index < -0.39 is 0 Å². The van der Waals surface area contributed by atoms with E-state index in [1.54, 1.807) is 6.92 Å². The molecule has 0 atom stereocenters. The number of nitroso groups, excluding NO2 is 1. The molecule has 13 heavy (non-hydrogen) atoms. The van der Waals surface area contributed by atoms with E-state index in [1.165, 1.54) is 19.1 Å². The number of carbonyl (C=O) groups excluding carboxylic acids is 1. The number of benzene rings is 1. The first-order valence-corrected chi connectivity index (χ1v) is 3.74. The fraction of sp³-hybridized carbons (Fsp3) is 0.222. The Kier molecular flexibility index (Phi) is 2.41. The summed E-state index contributed by atoms with van der Waals surface area (Å²) in [6.45, 7) is 2.93. The molecule has 0 aliphatic heterocycles. The maximum atomic E-state index is 10.9. The van der Waals surface area contributed by atoms with Gasteiger partial charge in [0.2, 0.25) is 0 Å². The van der Waals surface area contributed by atoms with Gasteiger partial charge in [0.15, 0.2) is 5.78 Å². The van der Waals surface area contributed by atoms with Gasteiger partial charge in [0.25, 0.3) is 0 Å². The third-order valence-corrected chi connectivity index (χ3v) is 1.86. The summed E-state index contributed by atoms with van der Waals surface area (Å²) in [6, 6.07) is 2.69. The summed E-state index contributed by atoms with van der Waals surface area (Å²) in [4.78, 5) is 21.2. The minimum atomic E-state index is -0.208. The van der Waals surface area contributed by atoms with Gasteiger partial charge < -0.3 is 5.11 Å². The van der Waals surface area contributed by atoms with Crippen LogP contribution in [0.4, 0.5) is 5.69 Å². The smallest absolute Gasteiger partial charge is 0.160 e. The van der Waals surface area contributed by atoms with Crippen molar-refractivity contribution < 1.29 is 9.90 Å². The number of Topliss-reactive ketones (excluding diaryl/α,β-unsaturated/α-hetero) is 1. The Balaban J connectivity index is 3.38. The van der Waals surface area contributed by atoms with Crippen LogP contribution in [-0.4, -0.2) is 10.9 Å². The average molecular weight is 179 g/mol. The van der Waals surface area contributed by atoms with Crippen molar-refractivity contribution in [1.29, 1.82) is 0 Å². The lowest BCUT2D eigenvalue weighted by molar-refractivity contribution is 0.101. The van der Waals surface area contributed by atoms with Crippen LogP contribution in [-0.2, 0) is 0 Å². The van der Waals surface area contributed by atoms with Crippen LogP contribution in [0.25, 0.3) is 0 Å². The minimum absolute atomic E-state index is 0.0812. The summed E-state index contributed by atoms with van der Waals surface area (Å²) in [5.41, 5.74) is 0.780. The fourth-order valence-corrected chi connectivity index (χ4v) is 0.982. The van der Waals surface area contributed by atoms with Gasteiger partial charge in [0, 0.05) is 11.1 Å². The van der Waals surface area contributed by atoms with Crippen LogP contribution in [0.5, 0.6) is 5.75 Å². The molecule has 0 bridgehead atoms. The molecular weight excluding hydrogens is 170 g/mol. The van der Waals surface area contributed by atoms with Crippen LogP contribution in [0.2, 0.25) is 0 Å². The molecule has 0 aliphatic rings. The molecule has 0 aromatic heterocycles. The standard InChI is InChI=1S/C9H9NO3/c1-5-8(10-13)3-7(6(2)11)4-9(5)12/h3-4,12H,1-2H3. The number of nitrogens with zero attached hydrogens (tertiary/aromatic N) is 1. The van der Waals surface area contributed by atoms with Crippen LogP contribution >= 0.6 is 0 Å². The first-order chi connectivity index (χ1) is 6.06. The van der Waals surface area contributed by atoms with Crippen LogP contribution < -0.4 is 0 Å². The number of ketones is 1. The van der Waals surface area contributed by atoms with Crippen molar-refractivity contribution in [3.63, 3.8) is 0 Å². The number of phenolic OH excluding ortho intramolecular Hbond substituents is 1. The Morgan fingerprint density at radius 3 is 2.54 bits per heavy atom. The van der Waals surface area contributed by atoms with Crippen molar-refractivity contribution in [3.8, 4) is 5.75 Å². The van der Waals surface area contributed by atoms with Crippen LogP contribution in [0, 0.1) is 11.8 Å². The van der Waals surface area contributed by atoms with Gasteiger partial charge in [0.1, 0.15) is 11.4 Å². The first-order valence-electron chi connectivity index (χ1n) is 3.74. The van der Waals surface area contributed by atoms with Crippen LogP contribution in [0.15, 0.2) is 17.3 Å². The zero-order valence-corrected chi connectivity index (χ0v) is 7.37. The van der Waals surface area contributed by atoms with Crippen molar-refractivity contribution >= 4 is 11.5 Å². The highest BCUT2D eigenvalue weighted by Crippen LogP contribution is 2.28. The van der Waals surface area contributed by atoms with E-state index in [-0.39, 0.29) is 22.8 Å². The molecule has 1 N–H and O–H groups in total. The van der Waals surface area contributed by atoms with Gasteiger partial charge in [-0.05, 0) is 31.2 Å². The van der Waals surface area contributed by atoms with Gasteiger partial charge in [-0.1, -0.05) is 0 Å². The molecule has 0 amide bonds. The van der Waals surface area contributed by atoms with E-state index in [1.807, 2.05) is 0 Å². The minimum Gasteiger partial charge on any atom is -0.508 e. The van der Waals surface area contributed by atoms with Crippen molar-refractivity contribution in [2.45, 2.75) is 13.8 Å².